The zero-order valence-corrected chi connectivity index (χ0v) is 14.1. The number of fused-ring (bicyclic) bond motifs is 1. The van der Waals surface area contributed by atoms with E-state index in [2.05, 4.69) is 6.07 Å². The molecule has 26 heavy (non-hydrogen) atoms. The molecule has 0 saturated carbocycles. The van der Waals surface area contributed by atoms with Gasteiger partial charge in [0.05, 0.1) is 18.2 Å². The standard InChI is InChI=1S/C22H17N3O/c23-13-15-6-8-17(9-7-15)18-10-11-20-19(12-18)21(24)22(26)25(20)14-16-4-2-1-3-5-16/h1-12,21H,14,24H2. The van der Waals surface area contributed by atoms with Gasteiger partial charge in [0.15, 0.2) is 0 Å². The summed E-state index contributed by atoms with van der Waals surface area (Å²) < 4.78 is 0. The van der Waals surface area contributed by atoms with Crippen molar-refractivity contribution in [3.05, 3.63) is 89.5 Å². The van der Waals surface area contributed by atoms with E-state index >= 15 is 0 Å². The Morgan fingerprint density at radius 1 is 0.962 bits per heavy atom. The third-order valence-electron chi connectivity index (χ3n) is 4.72. The van der Waals surface area contributed by atoms with Crippen LogP contribution in [0.2, 0.25) is 0 Å². The highest BCUT2D eigenvalue weighted by molar-refractivity contribution is 6.05. The molecule has 3 aromatic rings. The van der Waals surface area contributed by atoms with Crippen LogP contribution in [-0.4, -0.2) is 5.91 Å². The van der Waals surface area contributed by atoms with Gasteiger partial charge in [-0.25, -0.2) is 0 Å². The van der Waals surface area contributed by atoms with Crippen LogP contribution >= 0.6 is 0 Å². The van der Waals surface area contributed by atoms with E-state index in [4.69, 9.17) is 11.0 Å². The average Bonchev–Trinajstić information content (AvgIpc) is 2.93. The van der Waals surface area contributed by atoms with Crippen LogP contribution in [0.5, 0.6) is 0 Å². The fourth-order valence-electron chi connectivity index (χ4n) is 3.31. The number of nitriles is 1. The molecule has 1 aliphatic rings. The second-order valence-corrected chi connectivity index (χ2v) is 6.35. The Morgan fingerprint density at radius 3 is 2.35 bits per heavy atom. The van der Waals surface area contributed by atoms with Crippen LogP contribution in [0.1, 0.15) is 22.7 Å². The van der Waals surface area contributed by atoms with Crippen LogP contribution < -0.4 is 10.6 Å². The lowest BCUT2D eigenvalue weighted by atomic mass is 9.99. The SMILES string of the molecule is N#Cc1ccc(-c2ccc3c(c2)C(N)C(=O)N3Cc2ccccc2)cc1. The molecule has 3 aromatic carbocycles. The molecule has 0 saturated heterocycles. The van der Waals surface area contributed by atoms with E-state index in [0.717, 1.165) is 27.9 Å². The van der Waals surface area contributed by atoms with E-state index in [1.807, 2.05) is 60.7 Å². The van der Waals surface area contributed by atoms with Crippen LogP contribution in [0.3, 0.4) is 0 Å². The van der Waals surface area contributed by atoms with Gasteiger partial charge >= 0.3 is 0 Å². The molecule has 1 amide bonds. The summed E-state index contributed by atoms with van der Waals surface area (Å²) in [6.07, 6.45) is 0. The minimum Gasteiger partial charge on any atom is -0.316 e. The van der Waals surface area contributed by atoms with Gasteiger partial charge in [0, 0.05) is 11.3 Å². The summed E-state index contributed by atoms with van der Waals surface area (Å²) in [4.78, 5) is 14.4. The molecule has 0 bridgehead atoms. The quantitative estimate of drug-likeness (QED) is 0.789. The number of benzene rings is 3. The molecule has 0 aliphatic carbocycles. The maximum absolute atomic E-state index is 12.7. The molecular formula is C22H17N3O. The fraction of sp³-hybridized carbons (Fsp3) is 0.0909. The van der Waals surface area contributed by atoms with Gasteiger partial charge < -0.3 is 10.6 Å². The Bertz CT molecular complexity index is 1000. The summed E-state index contributed by atoms with van der Waals surface area (Å²) >= 11 is 0. The van der Waals surface area contributed by atoms with Crippen molar-refractivity contribution in [2.45, 2.75) is 12.6 Å². The summed E-state index contributed by atoms with van der Waals surface area (Å²) in [5.74, 6) is -0.0826. The van der Waals surface area contributed by atoms with Gasteiger partial charge in [-0.1, -0.05) is 48.5 Å². The molecule has 0 fully saturated rings. The minimum absolute atomic E-state index is 0.0826. The average molecular weight is 339 g/mol. The molecule has 4 nitrogen and oxygen atoms in total. The van der Waals surface area contributed by atoms with Crippen molar-refractivity contribution in [1.29, 1.82) is 5.26 Å². The van der Waals surface area contributed by atoms with Gasteiger partial charge in [-0.2, -0.15) is 5.26 Å². The zero-order valence-electron chi connectivity index (χ0n) is 14.1. The molecule has 0 radical (unpaired) electrons. The highest BCUT2D eigenvalue weighted by Gasteiger charge is 2.34. The number of carbonyl (C=O) groups excluding carboxylic acids is 1. The van der Waals surface area contributed by atoms with Gasteiger partial charge in [0.1, 0.15) is 6.04 Å². The summed E-state index contributed by atoms with van der Waals surface area (Å²) in [6.45, 7) is 0.511. The molecule has 126 valence electrons. The summed E-state index contributed by atoms with van der Waals surface area (Å²) in [7, 11) is 0. The topological polar surface area (TPSA) is 70.1 Å². The van der Waals surface area contributed by atoms with Crippen molar-refractivity contribution < 1.29 is 4.79 Å². The van der Waals surface area contributed by atoms with Crippen molar-refractivity contribution >= 4 is 11.6 Å². The second kappa shape index (κ2) is 6.47. The van der Waals surface area contributed by atoms with Gasteiger partial charge in [-0.15, -0.1) is 0 Å². The first-order valence-electron chi connectivity index (χ1n) is 8.43. The number of hydrogen-bond donors (Lipinski definition) is 1. The molecular weight excluding hydrogens is 322 g/mol. The largest absolute Gasteiger partial charge is 0.316 e. The third-order valence-corrected chi connectivity index (χ3v) is 4.72. The van der Waals surface area contributed by atoms with Gasteiger partial charge in [-0.3, -0.25) is 4.79 Å². The van der Waals surface area contributed by atoms with E-state index in [0.29, 0.717) is 12.1 Å². The smallest absolute Gasteiger partial charge is 0.248 e. The molecule has 1 heterocycles. The molecule has 0 aromatic heterocycles. The highest BCUT2D eigenvalue weighted by Crippen LogP contribution is 2.38. The lowest BCUT2D eigenvalue weighted by Gasteiger charge is -2.18. The third kappa shape index (κ3) is 2.75. The first-order chi connectivity index (χ1) is 12.7. The number of rotatable bonds is 3. The monoisotopic (exact) mass is 339 g/mol. The molecule has 1 atom stereocenters. The molecule has 4 heteroatoms. The molecule has 2 N–H and O–H groups in total. The van der Waals surface area contributed by atoms with E-state index in [1.165, 1.54) is 0 Å². The van der Waals surface area contributed by atoms with Crippen molar-refractivity contribution in [2.75, 3.05) is 4.90 Å². The number of nitrogens with two attached hydrogens (primary N) is 1. The number of nitrogens with zero attached hydrogens (tertiary/aromatic N) is 2. The van der Waals surface area contributed by atoms with Crippen molar-refractivity contribution in [3.63, 3.8) is 0 Å². The van der Waals surface area contributed by atoms with Gasteiger partial charge in [-0.05, 0) is 41.0 Å². The van der Waals surface area contributed by atoms with E-state index in [9.17, 15) is 4.79 Å². The first kappa shape index (κ1) is 16.1. The fourth-order valence-corrected chi connectivity index (χ4v) is 3.31. The summed E-state index contributed by atoms with van der Waals surface area (Å²) in [6, 6.07) is 24.7. The molecule has 1 unspecified atom stereocenters. The number of anilines is 1. The maximum Gasteiger partial charge on any atom is 0.248 e. The van der Waals surface area contributed by atoms with Gasteiger partial charge in [0.25, 0.3) is 0 Å². The summed E-state index contributed by atoms with van der Waals surface area (Å²) in [5, 5.41) is 8.93. The Labute approximate surface area is 152 Å². The second-order valence-electron chi connectivity index (χ2n) is 6.35. The maximum atomic E-state index is 12.7. The zero-order chi connectivity index (χ0) is 18.1. The van der Waals surface area contributed by atoms with Crippen LogP contribution in [-0.2, 0) is 11.3 Å². The van der Waals surface area contributed by atoms with E-state index in [-0.39, 0.29) is 5.91 Å². The Balaban J connectivity index is 1.69. The van der Waals surface area contributed by atoms with Crippen LogP contribution in [0, 0.1) is 11.3 Å². The molecule has 4 rings (SSSR count). The summed E-state index contributed by atoms with van der Waals surface area (Å²) in [5.41, 5.74) is 11.6. The Morgan fingerprint density at radius 2 is 1.65 bits per heavy atom. The van der Waals surface area contributed by atoms with Crippen molar-refractivity contribution in [2.24, 2.45) is 5.73 Å². The van der Waals surface area contributed by atoms with Gasteiger partial charge in [0.2, 0.25) is 5.91 Å². The molecule has 1 aliphatic heterocycles. The minimum atomic E-state index is -0.646. The molecule has 0 spiro atoms. The normalized spacial score (nSPS) is 15.6. The van der Waals surface area contributed by atoms with Crippen molar-refractivity contribution in [1.82, 2.24) is 0 Å². The highest BCUT2D eigenvalue weighted by atomic mass is 16.2. The lowest BCUT2D eigenvalue weighted by Crippen LogP contribution is -2.31. The Kier molecular flexibility index (Phi) is 4.00. The Hall–Kier alpha value is -3.42. The van der Waals surface area contributed by atoms with E-state index in [1.54, 1.807) is 17.0 Å². The number of carbonyl (C=O) groups is 1. The predicted octanol–water partition coefficient (Wildman–Crippen LogP) is 3.77. The number of amides is 1. The van der Waals surface area contributed by atoms with E-state index < -0.39 is 6.04 Å². The predicted molar refractivity (Wildman–Crippen MR) is 101 cm³/mol. The van der Waals surface area contributed by atoms with Crippen LogP contribution in [0.4, 0.5) is 5.69 Å². The van der Waals surface area contributed by atoms with Crippen LogP contribution in [0.25, 0.3) is 11.1 Å². The van der Waals surface area contributed by atoms with Crippen molar-refractivity contribution in [3.8, 4) is 17.2 Å². The lowest BCUT2D eigenvalue weighted by molar-refractivity contribution is -0.119. The van der Waals surface area contributed by atoms with Crippen LogP contribution in [0.15, 0.2) is 72.8 Å². The first-order valence-corrected chi connectivity index (χ1v) is 8.43. The number of hydrogen-bond acceptors (Lipinski definition) is 3.